The van der Waals surface area contributed by atoms with Gasteiger partial charge in [0.1, 0.15) is 12.1 Å². The van der Waals surface area contributed by atoms with Gasteiger partial charge in [0.15, 0.2) is 0 Å². The Labute approximate surface area is 106 Å². The van der Waals surface area contributed by atoms with E-state index in [1.165, 1.54) is 6.92 Å². The Morgan fingerprint density at radius 1 is 1.17 bits per heavy atom. The number of amides is 2. The first-order valence-corrected chi connectivity index (χ1v) is 5.80. The minimum atomic E-state index is -1.13. The Bertz CT molecular complexity index is 317. The molecule has 0 rings (SSSR count). The van der Waals surface area contributed by atoms with Crippen molar-refractivity contribution < 1.29 is 19.5 Å². The first-order valence-electron chi connectivity index (χ1n) is 5.80. The number of rotatable bonds is 7. The summed E-state index contributed by atoms with van der Waals surface area (Å²) in [4.78, 5) is 33.6. The molecule has 7 heteroatoms. The predicted molar refractivity (Wildman–Crippen MR) is 65.7 cm³/mol. The number of carbonyl (C=O) groups is 3. The van der Waals surface area contributed by atoms with Crippen molar-refractivity contribution in [3.63, 3.8) is 0 Å². The molecule has 2 amide bonds. The average Bonchev–Trinajstić information content (AvgIpc) is 2.26. The maximum Gasteiger partial charge on any atom is 0.325 e. The van der Waals surface area contributed by atoms with E-state index < -0.39 is 29.9 Å². The van der Waals surface area contributed by atoms with E-state index in [9.17, 15) is 14.4 Å². The van der Waals surface area contributed by atoms with E-state index in [1.54, 1.807) is 0 Å². The van der Waals surface area contributed by atoms with Crippen molar-refractivity contribution in [1.82, 2.24) is 10.6 Å². The Kier molecular flexibility index (Phi) is 6.96. The standard InChI is InChI=1S/C11H21N3O4/c1-6(2)4-8(14-9(15)5-12)10(16)13-7(3)11(17)18/h6-8H,4-5,12H2,1-3H3,(H,13,16)(H,14,15)(H,17,18)/t7-,8+/m0/s1. The lowest BCUT2D eigenvalue weighted by Gasteiger charge is -2.21. The van der Waals surface area contributed by atoms with Crippen LogP contribution in [0, 0.1) is 5.92 Å². The molecule has 0 aromatic heterocycles. The predicted octanol–water partition coefficient (Wildman–Crippen LogP) is -0.935. The molecule has 0 aliphatic heterocycles. The number of carboxylic acid groups (broad SMARTS) is 1. The summed E-state index contributed by atoms with van der Waals surface area (Å²) in [5, 5.41) is 13.5. The van der Waals surface area contributed by atoms with E-state index in [1.807, 2.05) is 13.8 Å². The van der Waals surface area contributed by atoms with Crippen LogP contribution in [0.25, 0.3) is 0 Å². The molecule has 0 saturated carbocycles. The lowest BCUT2D eigenvalue weighted by Crippen LogP contribution is -2.52. The van der Waals surface area contributed by atoms with Gasteiger partial charge in [-0.05, 0) is 19.3 Å². The summed E-state index contributed by atoms with van der Waals surface area (Å²) < 4.78 is 0. The summed E-state index contributed by atoms with van der Waals surface area (Å²) >= 11 is 0. The molecule has 0 aliphatic carbocycles. The topological polar surface area (TPSA) is 122 Å². The summed E-state index contributed by atoms with van der Waals surface area (Å²) in [5.41, 5.74) is 5.16. The molecule has 104 valence electrons. The van der Waals surface area contributed by atoms with Crippen molar-refractivity contribution in [3.05, 3.63) is 0 Å². The van der Waals surface area contributed by atoms with Crippen LogP contribution in [-0.4, -0.2) is 41.5 Å². The normalized spacial score (nSPS) is 13.8. The summed E-state index contributed by atoms with van der Waals surface area (Å²) in [5.74, 6) is -1.91. The molecule has 0 aliphatic rings. The molecule has 0 aromatic rings. The Hall–Kier alpha value is -1.63. The highest BCUT2D eigenvalue weighted by Crippen LogP contribution is 2.05. The SMILES string of the molecule is CC(C)C[C@@H](NC(=O)CN)C(=O)N[C@@H](C)C(=O)O. The van der Waals surface area contributed by atoms with Crippen LogP contribution in [-0.2, 0) is 14.4 Å². The summed E-state index contributed by atoms with van der Waals surface area (Å²) in [6.07, 6.45) is 0.421. The van der Waals surface area contributed by atoms with E-state index >= 15 is 0 Å². The summed E-state index contributed by atoms with van der Waals surface area (Å²) in [7, 11) is 0. The highest BCUT2D eigenvalue weighted by molar-refractivity contribution is 5.90. The zero-order chi connectivity index (χ0) is 14.3. The fourth-order valence-corrected chi connectivity index (χ4v) is 1.33. The van der Waals surface area contributed by atoms with Gasteiger partial charge < -0.3 is 21.5 Å². The molecule has 0 unspecified atom stereocenters. The highest BCUT2D eigenvalue weighted by Gasteiger charge is 2.24. The van der Waals surface area contributed by atoms with E-state index in [4.69, 9.17) is 10.8 Å². The van der Waals surface area contributed by atoms with Crippen molar-refractivity contribution in [3.8, 4) is 0 Å². The fourth-order valence-electron chi connectivity index (χ4n) is 1.33. The molecule has 0 aromatic carbocycles. The van der Waals surface area contributed by atoms with Crippen molar-refractivity contribution in [1.29, 1.82) is 0 Å². The molecule has 0 radical (unpaired) electrons. The molecule has 0 spiro atoms. The zero-order valence-corrected chi connectivity index (χ0v) is 10.9. The molecule has 5 N–H and O–H groups in total. The summed E-state index contributed by atoms with van der Waals surface area (Å²) in [6, 6.07) is -1.76. The third-order valence-corrected chi connectivity index (χ3v) is 2.27. The lowest BCUT2D eigenvalue weighted by atomic mass is 10.0. The van der Waals surface area contributed by atoms with Crippen molar-refractivity contribution in [2.75, 3.05) is 6.54 Å². The van der Waals surface area contributed by atoms with Gasteiger partial charge in [0.25, 0.3) is 0 Å². The average molecular weight is 259 g/mol. The van der Waals surface area contributed by atoms with E-state index in [0.717, 1.165) is 0 Å². The molecule has 0 fully saturated rings. The minimum absolute atomic E-state index is 0.180. The van der Waals surface area contributed by atoms with Crippen LogP contribution in [0.3, 0.4) is 0 Å². The number of aliphatic carboxylic acids is 1. The maximum atomic E-state index is 11.8. The van der Waals surface area contributed by atoms with Gasteiger partial charge in [-0.2, -0.15) is 0 Å². The molecule has 0 heterocycles. The Balaban J connectivity index is 4.58. The zero-order valence-electron chi connectivity index (χ0n) is 10.9. The van der Waals surface area contributed by atoms with Crippen LogP contribution in [0.4, 0.5) is 0 Å². The van der Waals surface area contributed by atoms with Crippen LogP contribution in [0.15, 0.2) is 0 Å². The Morgan fingerprint density at radius 2 is 1.72 bits per heavy atom. The maximum absolute atomic E-state index is 11.8. The third-order valence-electron chi connectivity index (χ3n) is 2.27. The number of nitrogens with two attached hydrogens (primary N) is 1. The number of nitrogens with one attached hydrogen (secondary N) is 2. The number of carboxylic acids is 1. The van der Waals surface area contributed by atoms with Gasteiger partial charge in [-0.1, -0.05) is 13.8 Å². The van der Waals surface area contributed by atoms with Crippen molar-refractivity contribution in [2.24, 2.45) is 11.7 Å². The van der Waals surface area contributed by atoms with E-state index in [-0.39, 0.29) is 12.5 Å². The second-order valence-corrected chi connectivity index (χ2v) is 4.52. The molecule has 18 heavy (non-hydrogen) atoms. The molecular formula is C11H21N3O4. The van der Waals surface area contributed by atoms with Gasteiger partial charge in [0.05, 0.1) is 6.54 Å². The van der Waals surface area contributed by atoms with Crippen molar-refractivity contribution >= 4 is 17.8 Å². The second-order valence-electron chi connectivity index (χ2n) is 4.52. The molecule has 2 atom stereocenters. The first-order chi connectivity index (χ1) is 8.27. The number of hydrogen-bond donors (Lipinski definition) is 4. The van der Waals surface area contributed by atoms with Gasteiger partial charge in [0, 0.05) is 0 Å². The smallest absolute Gasteiger partial charge is 0.325 e. The molecule has 7 nitrogen and oxygen atoms in total. The van der Waals surface area contributed by atoms with Crippen LogP contribution in [0.2, 0.25) is 0 Å². The van der Waals surface area contributed by atoms with E-state index in [0.29, 0.717) is 6.42 Å². The van der Waals surface area contributed by atoms with Crippen LogP contribution >= 0.6 is 0 Å². The fraction of sp³-hybridized carbons (Fsp3) is 0.727. The van der Waals surface area contributed by atoms with E-state index in [2.05, 4.69) is 10.6 Å². The van der Waals surface area contributed by atoms with Crippen LogP contribution in [0.5, 0.6) is 0 Å². The second kappa shape index (κ2) is 7.65. The van der Waals surface area contributed by atoms with Crippen molar-refractivity contribution in [2.45, 2.75) is 39.3 Å². The number of hydrogen-bond acceptors (Lipinski definition) is 4. The Morgan fingerprint density at radius 3 is 2.11 bits per heavy atom. The van der Waals surface area contributed by atoms with Gasteiger partial charge >= 0.3 is 5.97 Å². The first kappa shape index (κ1) is 16.4. The lowest BCUT2D eigenvalue weighted by molar-refractivity contribution is -0.141. The minimum Gasteiger partial charge on any atom is -0.480 e. The number of carbonyl (C=O) groups excluding carboxylic acids is 2. The molecule has 0 bridgehead atoms. The van der Waals surface area contributed by atoms with Crippen LogP contribution in [0.1, 0.15) is 27.2 Å². The quantitative estimate of drug-likeness (QED) is 0.470. The molecule has 0 saturated heterocycles. The van der Waals surface area contributed by atoms with Gasteiger partial charge in [-0.15, -0.1) is 0 Å². The summed E-state index contributed by atoms with van der Waals surface area (Å²) in [6.45, 7) is 4.94. The molecular weight excluding hydrogens is 238 g/mol. The highest BCUT2D eigenvalue weighted by atomic mass is 16.4. The monoisotopic (exact) mass is 259 g/mol. The largest absolute Gasteiger partial charge is 0.480 e. The third kappa shape index (κ3) is 6.19. The van der Waals surface area contributed by atoms with Gasteiger partial charge in [0.2, 0.25) is 11.8 Å². The van der Waals surface area contributed by atoms with Crippen LogP contribution < -0.4 is 16.4 Å². The van der Waals surface area contributed by atoms with Gasteiger partial charge in [-0.25, -0.2) is 0 Å². The van der Waals surface area contributed by atoms with Gasteiger partial charge in [-0.3, -0.25) is 14.4 Å².